The van der Waals surface area contributed by atoms with Gasteiger partial charge in [-0.3, -0.25) is 0 Å². The van der Waals surface area contributed by atoms with Gasteiger partial charge < -0.3 is 11.1 Å². The van der Waals surface area contributed by atoms with E-state index in [0.717, 1.165) is 0 Å². The lowest BCUT2D eigenvalue weighted by molar-refractivity contribution is 0.307. The molecule has 0 aromatic heterocycles. The van der Waals surface area contributed by atoms with Crippen LogP contribution in [0.3, 0.4) is 0 Å². The van der Waals surface area contributed by atoms with Crippen LogP contribution in [0.5, 0.6) is 0 Å². The van der Waals surface area contributed by atoms with Gasteiger partial charge in [-0.2, -0.15) is 0 Å². The number of nitrogens with one attached hydrogen (secondary N) is 1. The van der Waals surface area contributed by atoms with E-state index in [1.807, 2.05) is 0 Å². The predicted octanol–water partition coefficient (Wildman–Crippen LogP) is 3.45. The molecule has 104 valence electrons. The summed E-state index contributed by atoms with van der Waals surface area (Å²) >= 11 is 0. The first kappa shape index (κ1) is 17.7. The molecule has 1 aliphatic rings. The number of hydrogen-bond acceptors (Lipinski definition) is 2. The summed E-state index contributed by atoms with van der Waals surface area (Å²) in [7, 11) is 0. The van der Waals surface area contributed by atoms with Crippen LogP contribution < -0.4 is 11.1 Å². The first-order valence-corrected chi connectivity index (χ1v) is 6.34. The average Bonchev–Trinajstić information content (AvgIpc) is 2.33. The zero-order valence-electron chi connectivity index (χ0n) is 10.8. The van der Waals surface area contributed by atoms with Gasteiger partial charge in [-0.25, -0.2) is 0 Å². The van der Waals surface area contributed by atoms with Crippen molar-refractivity contribution in [1.29, 1.82) is 0 Å². The van der Waals surface area contributed by atoms with Gasteiger partial charge >= 0.3 is 0 Å². The third-order valence-corrected chi connectivity index (χ3v) is 3.58. The quantitative estimate of drug-likeness (QED) is 0.895. The molecule has 1 aromatic rings. The molecule has 1 fully saturated rings. The monoisotopic (exact) mass is 290 g/mol. The molecule has 3 atom stereocenters. The molecule has 2 nitrogen and oxygen atoms in total. The number of hydrogen-bond donors (Lipinski definition) is 2. The van der Waals surface area contributed by atoms with Crippen LogP contribution in [-0.2, 0) is 0 Å². The number of halogens is 2. The molecule has 0 radical (unpaired) electrons. The van der Waals surface area contributed by atoms with Crippen LogP contribution in [0.2, 0.25) is 0 Å². The summed E-state index contributed by atoms with van der Waals surface area (Å²) in [5.41, 5.74) is 7.49. The highest BCUT2D eigenvalue weighted by atomic mass is 35.5. The maximum absolute atomic E-state index is 6.14. The van der Waals surface area contributed by atoms with Crippen molar-refractivity contribution in [3.63, 3.8) is 0 Å². The average molecular weight is 291 g/mol. The second-order valence-corrected chi connectivity index (χ2v) is 4.85. The Morgan fingerprint density at radius 1 is 1.11 bits per heavy atom. The molecule has 0 heterocycles. The first-order chi connectivity index (χ1) is 7.77. The van der Waals surface area contributed by atoms with Crippen molar-refractivity contribution in [2.45, 2.75) is 50.7 Å². The lowest BCUT2D eigenvalue weighted by Gasteiger charge is -2.32. The van der Waals surface area contributed by atoms with Crippen molar-refractivity contribution in [1.82, 2.24) is 5.32 Å². The lowest BCUT2D eigenvalue weighted by Crippen LogP contribution is -2.47. The van der Waals surface area contributed by atoms with E-state index >= 15 is 0 Å². The van der Waals surface area contributed by atoms with Crippen LogP contribution in [0.15, 0.2) is 30.3 Å². The Morgan fingerprint density at radius 2 is 1.72 bits per heavy atom. The lowest BCUT2D eigenvalue weighted by atomic mass is 9.90. The molecule has 0 saturated heterocycles. The van der Waals surface area contributed by atoms with Crippen LogP contribution in [0.4, 0.5) is 0 Å². The molecule has 1 aromatic carbocycles. The molecule has 4 heteroatoms. The van der Waals surface area contributed by atoms with Crippen LogP contribution in [0.1, 0.15) is 44.2 Å². The largest absolute Gasteiger partial charge is 0.326 e. The summed E-state index contributed by atoms with van der Waals surface area (Å²) in [4.78, 5) is 0. The Labute approximate surface area is 123 Å². The van der Waals surface area contributed by atoms with Crippen LogP contribution >= 0.6 is 24.8 Å². The summed E-state index contributed by atoms with van der Waals surface area (Å²) in [5.74, 6) is 0. The fourth-order valence-corrected chi connectivity index (χ4v) is 2.53. The molecular weight excluding hydrogens is 267 g/mol. The molecule has 2 rings (SSSR count). The standard InChI is InChI=1S/C14H22N2.2ClH/c1-11(12-7-3-2-4-8-12)16-14-10-6-5-9-13(14)15;;/h2-4,7-8,11,13-14,16H,5-6,9-10,15H2,1H3;2*1H/t11-,13+,14-;;/m0../s1. The van der Waals surface area contributed by atoms with Crippen molar-refractivity contribution >= 4 is 24.8 Å². The molecule has 0 spiro atoms. The molecule has 0 aliphatic heterocycles. The highest BCUT2D eigenvalue weighted by molar-refractivity contribution is 5.85. The van der Waals surface area contributed by atoms with Gasteiger partial charge in [0.25, 0.3) is 0 Å². The highest BCUT2D eigenvalue weighted by Gasteiger charge is 2.22. The first-order valence-electron chi connectivity index (χ1n) is 6.34. The van der Waals surface area contributed by atoms with Gasteiger partial charge in [-0.1, -0.05) is 43.2 Å². The van der Waals surface area contributed by atoms with E-state index in [4.69, 9.17) is 5.73 Å². The van der Waals surface area contributed by atoms with Crippen molar-refractivity contribution < 1.29 is 0 Å². The van der Waals surface area contributed by atoms with Gasteiger partial charge in [0.15, 0.2) is 0 Å². The molecule has 1 saturated carbocycles. The van der Waals surface area contributed by atoms with Crippen molar-refractivity contribution in [3.8, 4) is 0 Å². The minimum absolute atomic E-state index is 0. The van der Waals surface area contributed by atoms with Gasteiger partial charge in [0.1, 0.15) is 0 Å². The summed E-state index contributed by atoms with van der Waals surface area (Å²) in [6.45, 7) is 2.22. The maximum Gasteiger partial charge on any atom is 0.0294 e. The van der Waals surface area contributed by atoms with Gasteiger partial charge in [0.2, 0.25) is 0 Å². The second-order valence-electron chi connectivity index (χ2n) is 4.85. The minimum atomic E-state index is 0. The molecular formula is C14H24Cl2N2. The topological polar surface area (TPSA) is 38.0 Å². The fraction of sp³-hybridized carbons (Fsp3) is 0.571. The molecule has 0 bridgehead atoms. The Hall–Kier alpha value is -0.280. The Balaban J connectivity index is 0.00000144. The summed E-state index contributed by atoms with van der Waals surface area (Å²) < 4.78 is 0. The molecule has 18 heavy (non-hydrogen) atoms. The summed E-state index contributed by atoms with van der Waals surface area (Å²) in [5, 5.41) is 3.66. The van der Waals surface area contributed by atoms with Crippen molar-refractivity contribution in [2.24, 2.45) is 5.73 Å². The maximum atomic E-state index is 6.14. The van der Waals surface area contributed by atoms with Crippen molar-refractivity contribution in [2.75, 3.05) is 0 Å². The van der Waals surface area contributed by atoms with Crippen LogP contribution in [-0.4, -0.2) is 12.1 Å². The molecule has 0 unspecified atom stereocenters. The van der Waals surface area contributed by atoms with E-state index in [0.29, 0.717) is 18.1 Å². The molecule has 1 aliphatic carbocycles. The summed E-state index contributed by atoms with van der Waals surface area (Å²) in [6, 6.07) is 11.8. The van der Waals surface area contributed by atoms with E-state index in [1.54, 1.807) is 0 Å². The number of rotatable bonds is 3. The third-order valence-electron chi connectivity index (χ3n) is 3.58. The number of nitrogens with two attached hydrogens (primary N) is 1. The summed E-state index contributed by atoms with van der Waals surface area (Å²) in [6.07, 6.45) is 4.99. The SMILES string of the molecule is C[C@H](N[C@H]1CCCC[C@H]1N)c1ccccc1.Cl.Cl. The van der Waals surface area contributed by atoms with Gasteiger partial charge in [-0.15, -0.1) is 24.8 Å². The van der Waals surface area contributed by atoms with Crippen LogP contribution in [0, 0.1) is 0 Å². The smallest absolute Gasteiger partial charge is 0.0294 e. The zero-order chi connectivity index (χ0) is 11.4. The van der Waals surface area contributed by atoms with E-state index < -0.39 is 0 Å². The van der Waals surface area contributed by atoms with E-state index in [9.17, 15) is 0 Å². The van der Waals surface area contributed by atoms with Crippen molar-refractivity contribution in [3.05, 3.63) is 35.9 Å². The Morgan fingerprint density at radius 3 is 2.33 bits per heavy atom. The van der Waals surface area contributed by atoms with E-state index in [-0.39, 0.29) is 24.8 Å². The Bertz CT molecular complexity index is 319. The number of benzene rings is 1. The Kier molecular flexibility index (Phi) is 8.62. The van der Waals surface area contributed by atoms with Gasteiger partial charge in [0.05, 0.1) is 0 Å². The third kappa shape index (κ3) is 4.77. The molecule has 0 amide bonds. The zero-order valence-corrected chi connectivity index (χ0v) is 12.5. The minimum Gasteiger partial charge on any atom is -0.326 e. The normalized spacial score (nSPS) is 24.6. The van der Waals surface area contributed by atoms with Gasteiger partial charge in [0, 0.05) is 18.1 Å². The van der Waals surface area contributed by atoms with E-state index in [2.05, 4.69) is 42.6 Å². The predicted molar refractivity (Wildman–Crippen MR) is 82.7 cm³/mol. The highest BCUT2D eigenvalue weighted by Crippen LogP contribution is 2.20. The second kappa shape index (κ2) is 8.76. The van der Waals surface area contributed by atoms with E-state index in [1.165, 1.54) is 31.2 Å². The molecule has 3 N–H and O–H groups in total. The van der Waals surface area contributed by atoms with Gasteiger partial charge in [-0.05, 0) is 25.3 Å². The fourth-order valence-electron chi connectivity index (χ4n) is 2.53. The van der Waals surface area contributed by atoms with Crippen LogP contribution in [0.25, 0.3) is 0 Å².